The highest BCUT2D eigenvalue weighted by Gasteiger charge is 2.56. The van der Waals surface area contributed by atoms with Gasteiger partial charge in [-0.3, -0.25) is 29.4 Å². The molecule has 0 radical (unpaired) electrons. The van der Waals surface area contributed by atoms with Crippen LogP contribution in [0.25, 0.3) is 0 Å². The first kappa shape index (κ1) is 29.0. The smallest absolute Gasteiger partial charge is 0.374 e. The topological polar surface area (TPSA) is 132 Å². The quantitative estimate of drug-likeness (QED) is 0.365. The Morgan fingerprint density at radius 3 is 2.39 bits per heavy atom. The molecule has 15 heteroatoms. The molecule has 3 aliphatic rings. The molecule has 41 heavy (non-hydrogen) atoms. The molecule has 1 aromatic carbocycles. The summed E-state index contributed by atoms with van der Waals surface area (Å²) in [5.74, 6) is -0.855. The van der Waals surface area contributed by atoms with Crippen LogP contribution in [0.1, 0.15) is 39.3 Å². The molecule has 1 spiro atoms. The lowest BCUT2D eigenvalue weighted by molar-refractivity contribution is -0.384. The summed E-state index contributed by atoms with van der Waals surface area (Å²) in [5.41, 5.74) is -0.224. The Bertz CT molecular complexity index is 1450. The zero-order chi connectivity index (χ0) is 29.7. The molecule has 3 fully saturated rings. The number of carbonyl (C=O) groups is 2. The van der Waals surface area contributed by atoms with Crippen molar-refractivity contribution < 1.29 is 27.7 Å². The van der Waals surface area contributed by atoms with Crippen LogP contribution in [-0.4, -0.2) is 94.5 Å². The van der Waals surface area contributed by atoms with Gasteiger partial charge in [-0.2, -0.15) is 13.2 Å². The van der Waals surface area contributed by atoms with Crippen molar-refractivity contribution in [1.29, 1.82) is 0 Å². The van der Waals surface area contributed by atoms with Crippen LogP contribution < -0.4 is 10.9 Å². The number of nitrogens with zero attached hydrogens (tertiary/aromatic N) is 4. The number of alkyl halides is 3. The molecule has 220 valence electrons. The number of anilines is 1. The molecule has 5 rings (SSSR count). The van der Waals surface area contributed by atoms with E-state index in [-0.39, 0.29) is 66.5 Å². The van der Waals surface area contributed by atoms with Gasteiger partial charge in [0.15, 0.2) is 0 Å². The van der Waals surface area contributed by atoms with Crippen molar-refractivity contribution in [2.24, 2.45) is 5.41 Å². The molecule has 11 nitrogen and oxygen atoms in total. The molecule has 1 atom stereocenters. The van der Waals surface area contributed by atoms with Crippen LogP contribution in [0.15, 0.2) is 33.5 Å². The van der Waals surface area contributed by atoms with Crippen LogP contribution in [0.4, 0.5) is 24.5 Å². The van der Waals surface area contributed by atoms with Crippen LogP contribution in [0.2, 0.25) is 0 Å². The van der Waals surface area contributed by atoms with Crippen molar-refractivity contribution in [1.82, 2.24) is 19.7 Å². The lowest BCUT2D eigenvalue weighted by atomic mass is 9.99. The third-order valence-corrected chi connectivity index (χ3v) is 8.40. The van der Waals surface area contributed by atoms with E-state index in [1.165, 1.54) is 28.0 Å². The second-order valence-corrected chi connectivity index (χ2v) is 11.9. The highest BCUT2D eigenvalue weighted by Crippen LogP contribution is 2.54. The van der Waals surface area contributed by atoms with Crippen molar-refractivity contribution in [3.8, 4) is 0 Å². The molecule has 1 aromatic heterocycles. The summed E-state index contributed by atoms with van der Waals surface area (Å²) in [6, 6.07) is 5.19. The number of nitrogens with one attached hydrogen (secondary N) is 2. The van der Waals surface area contributed by atoms with Gasteiger partial charge in [-0.15, -0.1) is 0 Å². The Balaban J connectivity index is 1.39. The predicted octanol–water partition coefficient (Wildman–Crippen LogP) is 3.39. The van der Waals surface area contributed by atoms with Crippen LogP contribution >= 0.6 is 15.9 Å². The molecule has 2 saturated heterocycles. The number of amides is 2. The van der Waals surface area contributed by atoms with Gasteiger partial charge in [-0.25, -0.2) is 0 Å². The summed E-state index contributed by atoms with van der Waals surface area (Å²) < 4.78 is 38.7. The molecule has 0 unspecified atom stereocenters. The molecular formula is C26H28BrF3N6O5. The SMILES string of the molecule is Cc1cc(C(=O)N2C[C@H](Nc3c(C(=O)N4CCN(CC(F)(F)F)CC4)cc(Br)cc3[N+](=O)[O-])C3(CC3)C2)cc(=O)[nH]1. The van der Waals surface area contributed by atoms with Crippen molar-refractivity contribution in [2.75, 3.05) is 51.1 Å². The number of halogens is 4. The van der Waals surface area contributed by atoms with E-state index >= 15 is 0 Å². The van der Waals surface area contributed by atoms with Gasteiger partial charge in [0.05, 0.1) is 23.1 Å². The van der Waals surface area contributed by atoms with Crippen molar-refractivity contribution in [3.63, 3.8) is 0 Å². The number of aromatic nitrogens is 1. The largest absolute Gasteiger partial charge is 0.401 e. The van der Waals surface area contributed by atoms with Crippen LogP contribution in [0, 0.1) is 22.5 Å². The Morgan fingerprint density at radius 1 is 1.12 bits per heavy atom. The van der Waals surface area contributed by atoms with Crippen molar-refractivity contribution in [2.45, 2.75) is 32.0 Å². The van der Waals surface area contributed by atoms with E-state index in [2.05, 4.69) is 26.2 Å². The van der Waals surface area contributed by atoms with Gasteiger partial charge in [-0.1, -0.05) is 15.9 Å². The number of aryl methyl sites for hydroxylation is 1. The minimum absolute atomic E-state index is 0.0125. The molecule has 0 bridgehead atoms. The van der Waals surface area contributed by atoms with Gasteiger partial charge >= 0.3 is 6.18 Å². The number of hydrogen-bond acceptors (Lipinski definition) is 7. The second-order valence-electron chi connectivity index (χ2n) is 10.9. The van der Waals surface area contributed by atoms with E-state index in [0.717, 1.165) is 12.8 Å². The number of pyridine rings is 1. The molecule has 3 heterocycles. The van der Waals surface area contributed by atoms with Crippen LogP contribution in [-0.2, 0) is 0 Å². The Hall–Kier alpha value is -3.46. The maximum atomic E-state index is 13.6. The third-order valence-electron chi connectivity index (χ3n) is 7.94. The van der Waals surface area contributed by atoms with Crippen LogP contribution in [0.3, 0.4) is 0 Å². The average Bonchev–Trinajstić information content (AvgIpc) is 3.57. The fourth-order valence-corrected chi connectivity index (χ4v) is 6.19. The van der Waals surface area contributed by atoms with E-state index in [4.69, 9.17) is 0 Å². The maximum Gasteiger partial charge on any atom is 0.401 e. The maximum absolute atomic E-state index is 13.6. The van der Waals surface area contributed by atoms with Crippen molar-refractivity contribution >= 4 is 39.1 Å². The standard InChI is InChI=1S/C26H28BrF3N6O5/c1-15-8-16(9-21(37)31-15)23(38)35-12-20(25(13-35)2-3-25)32-22-18(10-17(27)11-19(22)36(40)41)24(39)34-6-4-33(5-7-34)14-26(28,29)30/h8-11,20,32H,2-7,12-14H2,1H3,(H,31,37)/t20-/m0/s1. The first-order valence-electron chi connectivity index (χ1n) is 13.1. The Morgan fingerprint density at radius 2 is 1.80 bits per heavy atom. The monoisotopic (exact) mass is 640 g/mol. The summed E-state index contributed by atoms with van der Waals surface area (Å²) in [4.78, 5) is 57.1. The number of carbonyl (C=O) groups excluding carboxylic acids is 2. The van der Waals surface area contributed by atoms with Gasteiger partial charge in [0, 0.05) is 72.5 Å². The fourth-order valence-electron chi connectivity index (χ4n) is 5.74. The molecule has 2 aromatic rings. The predicted molar refractivity (Wildman–Crippen MR) is 146 cm³/mol. The minimum Gasteiger partial charge on any atom is -0.374 e. The van der Waals surface area contributed by atoms with E-state index in [9.17, 15) is 37.7 Å². The second kappa shape index (κ2) is 10.7. The molecule has 2 N–H and O–H groups in total. The Kier molecular flexibility index (Phi) is 7.61. The zero-order valence-electron chi connectivity index (χ0n) is 22.1. The minimum atomic E-state index is -4.35. The lowest BCUT2D eigenvalue weighted by Crippen LogP contribution is -2.51. The Labute approximate surface area is 240 Å². The number of benzene rings is 1. The lowest BCUT2D eigenvalue weighted by Gasteiger charge is -2.35. The molecular weight excluding hydrogens is 613 g/mol. The first-order chi connectivity index (χ1) is 19.2. The van der Waals surface area contributed by atoms with E-state index < -0.39 is 35.2 Å². The number of rotatable bonds is 6. The number of nitro benzene ring substituents is 1. The summed E-state index contributed by atoms with van der Waals surface area (Å²) in [5, 5.41) is 15.3. The summed E-state index contributed by atoms with van der Waals surface area (Å²) in [6.45, 7) is 1.34. The van der Waals surface area contributed by atoms with E-state index in [1.807, 2.05) is 0 Å². The number of likely N-dealkylation sites (tertiary alicyclic amines) is 1. The normalized spacial score (nSPS) is 20.4. The van der Waals surface area contributed by atoms with Gasteiger partial charge in [0.25, 0.3) is 17.5 Å². The molecule has 2 aliphatic heterocycles. The highest BCUT2D eigenvalue weighted by molar-refractivity contribution is 9.10. The van der Waals surface area contributed by atoms with Crippen molar-refractivity contribution in [3.05, 3.63) is 66.0 Å². The molecule has 1 aliphatic carbocycles. The van der Waals surface area contributed by atoms with Gasteiger partial charge in [-0.05, 0) is 31.9 Å². The third kappa shape index (κ3) is 6.25. The number of H-pyrrole nitrogens is 1. The summed E-state index contributed by atoms with van der Waals surface area (Å²) in [6.07, 6.45) is -2.80. The summed E-state index contributed by atoms with van der Waals surface area (Å²) in [7, 11) is 0. The average molecular weight is 641 g/mol. The van der Waals surface area contributed by atoms with E-state index in [1.54, 1.807) is 17.9 Å². The molecule has 2 amide bonds. The van der Waals surface area contributed by atoms with Gasteiger partial charge in [0.1, 0.15) is 5.69 Å². The number of hydrogen-bond donors (Lipinski definition) is 2. The number of aromatic amines is 1. The van der Waals surface area contributed by atoms with Crippen LogP contribution in [0.5, 0.6) is 0 Å². The summed E-state index contributed by atoms with van der Waals surface area (Å²) >= 11 is 3.25. The first-order valence-corrected chi connectivity index (χ1v) is 13.9. The van der Waals surface area contributed by atoms with E-state index in [0.29, 0.717) is 16.7 Å². The van der Waals surface area contributed by atoms with Gasteiger partial charge in [0.2, 0.25) is 5.56 Å². The molecule has 1 saturated carbocycles. The fraction of sp³-hybridized carbons (Fsp3) is 0.500. The number of nitro groups is 1. The number of piperazine rings is 1. The zero-order valence-corrected chi connectivity index (χ0v) is 23.7. The van der Waals surface area contributed by atoms with Gasteiger partial charge < -0.3 is 20.1 Å². The highest BCUT2D eigenvalue weighted by atomic mass is 79.9.